The fourth-order valence-corrected chi connectivity index (χ4v) is 2.88. The standard InChI is InChI=1S/C15H20BrNO.ClH/c1-2-5-14(17-10-3-4-11-17)15(18)12-6-8-13(16)9-7-12;/h6-9,14H,2-5,10-11H2,1H3;1H. The normalized spacial score (nSPS) is 16.9. The molecule has 1 aromatic carbocycles. The fourth-order valence-electron chi connectivity index (χ4n) is 2.61. The van der Waals surface area contributed by atoms with Gasteiger partial charge in [0.2, 0.25) is 0 Å². The minimum absolute atomic E-state index is 0. The van der Waals surface area contributed by atoms with E-state index >= 15 is 0 Å². The van der Waals surface area contributed by atoms with Crippen LogP contribution in [0.25, 0.3) is 0 Å². The molecule has 19 heavy (non-hydrogen) atoms. The van der Waals surface area contributed by atoms with E-state index in [-0.39, 0.29) is 24.2 Å². The van der Waals surface area contributed by atoms with E-state index in [1.54, 1.807) is 0 Å². The molecular weight excluding hydrogens is 326 g/mol. The summed E-state index contributed by atoms with van der Waals surface area (Å²) in [5.74, 6) is 0.284. The summed E-state index contributed by atoms with van der Waals surface area (Å²) in [6.07, 6.45) is 4.49. The summed E-state index contributed by atoms with van der Waals surface area (Å²) in [5.41, 5.74) is 0.837. The van der Waals surface area contributed by atoms with E-state index in [2.05, 4.69) is 27.8 Å². The van der Waals surface area contributed by atoms with Crippen molar-refractivity contribution in [3.05, 3.63) is 34.3 Å². The van der Waals surface area contributed by atoms with Crippen molar-refractivity contribution >= 4 is 34.1 Å². The van der Waals surface area contributed by atoms with Crippen LogP contribution >= 0.6 is 28.3 Å². The molecule has 2 rings (SSSR count). The average Bonchev–Trinajstić information content (AvgIpc) is 2.90. The molecule has 0 spiro atoms. The van der Waals surface area contributed by atoms with Crippen molar-refractivity contribution in [2.45, 2.75) is 38.6 Å². The molecule has 1 heterocycles. The van der Waals surface area contributed by atoms with Gasteiger partial charge in [0.05, 0.1) is 6.04 Å². The topological polar surface area (TPSA) is 20.3 Å². The molecule has 0 radical (unpaired) electrons. The summed E-state index contributed by atoms with van der Waals surface area (Å²) in [7, 11) is 0. The molecule has 1 saturated heterocycles. The van der Waals surface area contributed by atoms with Crippen LogP contribution in [0.1, 0.15) is 43.0 Å². The lowest BCUT2D eigenvalue weighted by Crippen LogP contribution is -2.39. The molecule has 1 fully saturated rings. The van der Waals surface area contributed by atoms with E-state index in [4.69, 9.17) is 0 Å². The zero-order valence-corrected chi connectivity index (χ0v) is 13.7. The summed E-state index contributed by atoms with van der Waals surface area (Å²) < 4.78 is 1.02. The summed E-state index contributed by atoms with van der Waals surface area (Å²) in [4.78, 5) is 14.9. The fraction of sp³-hybridized carbons (Fsp3) is 0.533. The molecule has 1 aliphatic heterocycles. The molecule has 0 amide bonds. The minimum Gasteiger partial charge on any atom is -0.293 e. The Balaban J connectivity index is 0.00000180. The third-order valence-electron chi connectivity index (χ3n) is 3.57. The van der Waals surface area contributed by atoms with E-state index < -0.39 is 0 Å². The van der Waals surface area contributed by atoms with Gasteiger partial charge in [-0.1, -0.05) is 41.4 Å². The van der Waals surface area contributed by atoms with Gasteiger partial charge in [0, 0.05) is 10.0 Å². The molecule has 106 valence electrons. The number of carbonyl (C=O) groups excluding carboxylic acids is 1. The second-order valence-electron chi connectivity index (χ2n) is 4.92. The Bertz CT molecular complexity index is 401. The summed E-state index contributed by atoms with van der Waals surface area (Å²) >= 11 is 3.41. The van der Waals surface area contributed by atoms with E-state index in [1.807, 2.05) is 24.3 Å². The maximum atomic E-state index is 12.6. The van der Waals surface area contributed by atoms with Gasteiger partial charge in [-0.3, -0.25) is 9.69 Å². The highest BCUT2D eigenvalue weighted by Gasteiger charge is 2.27. The van der Waals surface area contributed by atoms with E-state index in [9.17, 15) is 4.79 Å². The first-order chi connectivity index (χ1) is 8.72. The molecule has 1 atom stereocenters. The lowest BCUT2D eigenvalue weighted by molar-refractivity contribution is 0.0837. The second-order valence-corrected chi connectivity index (χ2v) is 5.83. The largest absolute Gasteiger partial charge is 0.293 e. The van der Waals surface area contributed by atoms with Crippen molar-refractivity contribution in [2.24, 2.45) is 0 Å². The summed E-state index contributed by atoms with van der Waals surface area (Å²) in [6.45, 7) is 4.30. The number of ketones is 1. The van der Waals surface area contributed by atoms with Crippen LogP contribution < -0.4 is 0 Å². The molecule has 0 bridgehead atoms. The lowest BCUT2D eigenvalue weighted by atomic mass is 9.99. The number of likely N-dealkylation sites (tertiary alicyclic amines) is 1. The first-order valence-electron chi connectivity index (χ1n) is 6.76. The van der Waals surface area contributed by atoms with Crippen LogP contribution in [-0.4, -0.2) is 29.8 Å². The van der Waals surface area contributed by atoms with Crippen LogP contribution in [0.2, 0.25) is 0 Å². The van der Waals surface area contributed by atoms with Crippen LogP contribution in [0.5, 0.6) is 0 Å². The van der Waals surface area contributed by atoms with Gasteiger partial charge in [0.1, 0.15) is 0 Å². The number of benzene rings is 1. The third kappa shape index (κ3) is 4.30. The van der Waals surface area contributed by atoms with E-state index in [0.717, 1.165) is 36.0 Å². The Kier molecular flexibility index (Phi) is 7.05. The van der Waals surface area contributed by atoms with Gasteiger partial charge in [-0.05, 0) is 44.5 Å². The van der Waals surface area contributed by atoms with Crippen LogP contribution in [0.4, 0.5) is 0 Å². The quantitative estimate of drug-likeness (QED) is 0.740. The van der Waals surface area contributed by atoms with Gasteiger partial charge in [-0.15, -0.1) is 12.4 Å². The van der Waals surface area contributed by atoms with Gasteiger partial charge < -0.3 is 0 Å². The van der Waals surface area contributed by atoms with Crippen molar-refractivity contribution in [2.75, 3.05) is 13.1 Å². The van der Waals surface area contributed by atoms with E-state index in [1.165, 1.54) is 12.8 Å². The molecule has 4 heteroatoms. The van der Waals surface area contributed by atoms with Crippen molar-refractivity contribution in [3.63, 3.8) is 0 Å². The maximum Gasteiger partial charge on any atom is 0.179 e. The number of hydrogen-bond donors (Lipinski definition) is 0. The molecule has 0 N–H and O–H groups in total. The van der Waals surface area contributed by atoms with E-state index in [0.29, 0.717) is 0 Å². The average molecular weight is 347 g/mol. The zero-order chi connectivity index (χ0) is 13.0. The van der Waals surface area contributed by atoms with Crippen molar-refractivity contribution in [3.8, 4) is 0 Å². The molecule has 2 nitrogen and oxygen atoms in total. The molecule has 1 aliphatic rings. The first-order valence-corrected chi connectivity index (χ1v) is 7.55. The predicted molar refractivity (Wildman–Crippen MR) is 85.2 cm³/mol. The number of rotatable bonds is 5. The highest BCUT2D eigenvalue weighted by atomic mass is 79.9. The number of carbonyl (C=O) groups is 1. The number of nitrogens with zero attached hydrogens (tertiary/aromatic N) is 1. The van der Waals surface area contributed by atoms with Gasteiger partial charge in [-0.2, -0.15) is 0 Å². The van der Waals surface area contributed by atoms with Crippen molar-refractivity contribution in [1.82, 2.24) is 4.90 Å². The number of Topliss-reactive ketones (excluding diaryl/α,β-unsaturated/α-hetero) is 1. The van der Waals surface area contributed by atoms with Crippen LogP contribution in [0.15, 0.2) is 28.7 Å². The molecular formula is C15H21BrClNO. The molecule has 1 unspecified atom stereocenters. The SMILES string of the molecule is CCCC(C(=O)c1ccc(Br)cc1)N1CCCC1.Cl. The Morgan fingerprint density at radius 2 is 1.84 bits per heavy atom. The van der Waals surface area contributed by atoms with Gasteiger partial charge in [0.15, 0.2) is 5.78 Å². The monoisotopic (exact) mass is 345 g/mol. The van der Waals surface area contributed by atoms with Gasteiger partial charge >= 0.3 is 0 Å². The van der Waals surface area contributed by atoms with Crippen LogP contribution in [0, 0.1) is 0 Å². The predicted octanol–water partition coefficient (Wildman–Crippen LogP) is 4.32. The Morgan fingerprint density at radius 1 is 1.26 bits per heavy atom. The van der Waals surface area contributed by atoms with Gasteiger partial charge in [0.25, 0.3) is 0 Å². The zero-order valence-electron chi connectivity index (χ0n) is 11.3. The second kappa shape index (κ2) is 8.03. The first kappa shape index (κ1) is 16.7. The van der Waals surface area contributed by atoms with Crippen molar-refractivity contribution < 1.29 is 4.79 Å². The molecule has 1 aromatic rings. The lowest BCUT2D eigenvalue weighted by Gasteiger charge is -2.26. The maximum absolute atomic E-state index is 12.6. The number of hydrogen-bond acceptors (Lipinski definition) is 2. The highest BCUT2D eigenvalue weighted by molar-refractivity contribution is 9.10. The highest BCUT2D eigenvalue weighted by Crippen LogP contribution is 2.20. The molecule has 0 aliphatic carbocycles. The summed E-state index contributed by atoms with van der Waals surface area (Å²) in [5, 5.41) is 0. The smallest absolute Gasteiger partial charge is 0.179 e. The Morgan fingerprint density at radius 3 is 2.37 bits per heavy atom. The summed E-state index contributed by atoms with van der Waals surface area (Å²) in [6, 6.07) is 7.81. The molecule has 0 saturated carbocycles. The van der Waals surface area contributed by atoms with Crippen LogP contribution in [0.3, 0.4) is 0 Å². The van der Waals surface area contributed by atoms with Gasteiger partial charge in [-0.25, -0.2) is 0 Å². The minimum atomic E-state index is 0. The number of halogens is 2. The van der Waals surface area contributed by atoms with Crippen LogP contribution in [-0.2, 0) is 0 Å². The molecule has 0 aromatic heterocycles. The van der Waals surface area contributed by atoms with Crippen molar-refractivity contribution in [1.29, 1.82) is 0 Å². The Hall–Kier alpha value is -0.380. The Labute approximate surface area is 130 Å². The third-order valence-corrected chi connectivity index (χ3v) is 4.10.